The monoisotopic (exact) mass is 545 g/mol. The Balaban J connectivity index is 1.54. The highest BCUT2D eigenvalue weighted by atomic mass is 16.2. The molecule has 0 radical (unpaired) electrons. The lowest BCUT2D eigenvalue weighted by Crippen LogP contribution is -2.28. The maximum atomic E-state index is 13.4. The third kappa shape index (κ3) is 6.12. The van der Waals surface area contributed by atoms with Crippen molar-refractivity contribution in [2.24, 2.45) is 0 Å². The van der Waals surface area contributed by atoms with Crippen LogP contribution >= 0.6 is 0 Å². The van der Waals surface area contributed by atoms with Crippen LogP contribution in [-0.2, 0) is 4.79 Å². The molecule has 1 aliphatic heterocycles. The standard InChI is InChI=1S/C33H31N5O3/c1-3-34-33(41)38-28-17-11-10-16-27(28)36-30(23-14-8-5-9-15-23)29-25-20-24(18-19-26(25)37-32(29)40)31(39)35-21(2)22-12-6-4-7-13-22/h4-21,36H,3H2,1-2H3,(H,35,39)(H,37,40)(H2,34,38,41)/t21-/m1/s1. The van der Waals surface area contributed by atoms with Crippen LogP contribution < -0.4 is 26.6 Å². The Morgan fingerprint density at radius 3 is 2.10 bits per heavy atom. The summed E-state index contributed by atoms with van der Waals surface area (Å²) >= 11 is 0. The Labute approximate surface area is 238 Å². The maximum absolute atomic E-state index is 13.4. The minimum Gasteiger partial charge on any atom is -0.353 e. The van der Waals surface area contributed by atoms with Gasteiger partial charge in [-0.15, -0.1) is 0 Å². The van der Waals surface area contributed by atoms with Gasteiger partial charge >= 0.3 is 6.03 Å². The predicted octanol–water partition coefficient (Wildman–Crippen LogP) is 6.25. The molecular weight excluding hydrogens is 514 g/mol. The highest BCUT2D eigenvalue weighted by Gasteiger charge is 2.30. The molecule has 0 saturated heterocycles. The van der Waals surface area contributed by atoms with Crippen molar-refractivity contribution in [2.75, 3.05) is 22.5 Å². The van der Waals surface area contributed by atoms with Crippen LogP contribution in [0.1, 0.15) is 46.9 Å². The van der Waals surface area contributed by atoms with Crippen LogP contribution in [0.4, 0.5) is 21.9 Å². The summed E-state index contributed by atoms with van der Waals surface area (Å²) in [6.45, 7) is 4.26. The number of urea groups is 1. The van der Waals surface area contributed by atoms with E-state index >= 15 is 0 Å². The Morgan fingerprint density at radius 2 is 1.41 bits per heavy atom. The summed E-state index contributed by atoms with van der Waals surface area (Å²) in [6.07, 6.45) is 0. The molecule has 0 unspecified atom stereocenters. The molecule has 0 aromatic heterocycles. The topological polar surface area (TPSA) is 111 Å². The van der Waals surface area contributed by atoms with Crippen molar-refractivity contribution in [2.45, 2.75) is 19.9 Å². The first-order valence-corrected chi connectivity index (χ1v) is 13.5. The van der Waals surface area contributed by atoms with Crippen LogP contribution in [0.3, 0.4) is 0 Å². The molecule has 4 amide bonds. The highest BCUT2D eigenvalue weighted by molar-refractivity contribution is 6.37. The minimum absolute atomic E-state index is 0.192. The van der Waals surface area contributed by atoms with E-state index in [9.17, 15) is 14.4 Å². The van der Waals surface area contributed by atoms with Gasteiger partial charge in [0.15, 0.2) is 0 Å². The van der Waals surface area contributed by atoms with Crippen LogP contribution in [-0.4, -0.2) is 24.4 Å². The Hall–Kier alpha value is -5.37. The minimum atomic E-state index is -0.333. The van der Waals surface area contributed by atoms with Crippen molar-refractivity contribution >= 4 is 46.2 Å². The average Bonchev–Trinajstić information content (AvgIpc) is 3.32. The van der Waals surface area contributed by atoms with Crippen LogP contribution in [0.2, 0.25) is 0 Å². The molecule has 8 nitrogen and oxygen atoms in total. The molecule has 5 rings (SSSR count). The van der Waals surface area contributed by atoms with E-state index in [4.69, 9.17) is 0 Å². The first kappa shape index (κ1) is 27.2. The number of benzene rings is 4. The lowest BCUT2D eigenvalue weighted by molar-refractivity contribution is -0.110. The number of para-hydroxylation sites is 2. The number of carbonyl (C=O) groups excluding carboxylic acids is 3. The Morgan fingerprint density at radius 1 is 0.780 bits per heavy atom. The molecule has 5 N–H and O–H groups in total. The first-order chi connectivity index (χ1) is 19.9. The third-order valence-electron chi connectivity index (χ3n) is 6.76. The molecule has 0 bridgehead atoms. The zero-order valence-corrected chi connectivity index (χ0v) is 22.8. The van der Waals surface area contributed by atoms with E-state index in [0.717, 1.165) is 11.1 Å². The molecule has 1 aliphatic rings. The molecular formula is C33H31N5O3. The molecule has 206 valence electrons. The summed E-state index contributed by atoms with van der Waals surface area (Å²) in [5.41, 5.74) is 5.52. The van der Waals surface area contributed by atoms with E-state index in [0.29, 0.717) is 46.0 Å². The van der Waals surface area contributed by atoms with Gasteiger partial charge in [0.1, 0.15) is 0 Å². The third-order valence-corrected chi connectivity index (χ3v) is 6.76. The van der Waals surface area contributed by atoms with Crippen LogP contribution in [0.25, 0.3) is 11.3 Å². The van der Waals surface area contributed by atoms with Crippen molar-refractivity contribution in [3.63, 3.8) is 0 Å². The summed E-state index contributed by atoms with van der Waals surface area (Å²) in [6, 6.07) is 31.1. The molecule has 0 fully saturated rings. The molecule has 1 heterocycles. The quantitative estimate of drug-likeness (QED) is 0.169. The fourth-order valence-electron chi connectivity index (χ4n) is 4.71. The van der Waals surface area contributed by atoms with Gasteiger partial charge in [0.2, 0.25) is 0 Å². The number of amides is 4. The molecule has 0 saturated carbocycles. The van der Waals surface area contributed by atoms with Gasteiger partial charge in [0, 0.05) is 23.4 Å². The Bertz CT molecular complexity index is 1620. The van der Waals surface area contributed by atoms with Crippen molar-refractivity contribution in [1.29, 1.82) is 0 Å². The summed E-state index contributed by atoms with van der Waals surface area (Å²) in [4.78, 5) is 39.0. The SMILES string of the molecule is CCNC(=O)Nc1ccccc1NC(=C1C(=O)Nc2ccc(C(=O)N[C@H](C)c3ccccc3)cc21)c1ccccc1. The van der Waals surface area contributed by atoms with Crippen LogP contribution in [0.15, 0.2) is 103 Å². The molecule has 0 aliphatic carbocycles. The number of hydrogen-bond donors (Lipinski definition) is 5. The molecule has 8 heteroatoms. The van der Waals surface area contributed by atoms with E-state index in [-0.39, 0.29) is 23.9 Å². The number of rotatable bonds is 8. The van der Waals surface area contributed by atoms with Gasteiger partial charge in [-0.1, -0.05) is 72.8 Å². The average molecular weight is 546 g/mol. The smallest absolute Gasteiger partial charge is 0.319 e. The van der Waals surface area contributed by atoms with Crippen molar-refractivity contribution < 1.29 is 14.4 Å². The number of hydrogen-bond acceptors (Lipinski definition) is 4. The molecule has 1 atom stereocenters. The normalized spacial score (nSPS) is 13.9. The van der Waals surface area contributed by atoms with Gasteiger partial charge in [-0.2, -0.15) is 0 Å². The van der Waals surface area contributed by atoms with Gasteiger partial charge < -0.3 is 26.6 Å². The molecule has 4 aromatic carbocycles. The van der Waals surface area contributed by atoms with Crippen molar-refractivity contribution in [1.82, 2.24) is 10.6 Å². The van der Waals surface area contributed by atoms with Crippen LogP contribution in [0, 0.1) is 0 Å². The van der Waals surface area contributed by atoms with Gasteiger partial charge in [0.05, 0.1) is 28.7 Å². The molecule has 41 heavy (non-hydrogen) atoms. The summed E-state index contributed by atoms with van der Waals surface area (Å²) in [7, 11) is 0. The van der Waals surface area contributed by atoms with E-state index in [2.05, 4.69) is 26.6 Å². The largest absolute Gasteiger partial charge is 0.353 e. The fourth-order valence-corrected chi connectivity index (χ4v) is 4.71. The van der Waals surface area contributed by atoms with Crippen molar-refractivity contribution in [3.8, 4) is 0 Å². The maximum Gasteiger partial charge on any atom is 0.319 e. The van der Waals surface area contributed by atoms with Gasteiger partial charge in [-0.3, -0.25) is 9.59 Å². The second kappa shape index (κ2) is 12.2. The predicted molar refractivity (Wildman–Crippen MR) is 163 cm³/mol. The summed E-state index contributed by atoms with van der Waals surface area (Å²) < 4.78 is 0. The van der Waals surface area contributed by atoms with Gasteiger partial charge in [-0.05, 0) is 55.3 Å². The number of carbonyl (C=O) groups is 3. The lowest BCUT2D eigenvalue weighted by atomic mass is 9.98. The zero-order chi connectivity index (χ0) is 28.8. The van der Waals surface area contributed by atoms with E-state index in [1.54, 1.807) is 24.3 Å². The van der Waals surface area contributed by atoms with Crippen molar-refractivity contribution in [3.05, 3.63) is 125 Å². The second-order valence-electron chi connectivity index (χ2n) is 9.59. The summed E-state index contributed by atoms with van der Waals surface area (Å²) in [5, 5.41) is 15.0. The van der Waals surface area contributed by atoms with E-state index < -0.39 is 0 Å². The Kier molecular flexibility index (Phi) is 8.10. The van der Waals surface area contributed by atoms with Gasteiger partial charge in [-0.25, -0.2) is 4.79 Å². The van der Waals surface area contributed by atoms with Crippen LogP contribution in [0.5, 0.6) is 0 Å². The lowest BCUT2D eigenvalue weighted by Gasteiger charge is -2.18. The van der Waals surface area contributed by atoms with Gasteiger partial charge in [0.25, 0.3) is 11.8 Å². The number of nitrogens with one attached hydrogen (secondary N) is 5. The first-order valence-electron chi connectivity index (χ1n) is 13.5. The molecule has 4 aromatic rings. The molecule has 0 spiro atoms. The summed E-state index contributed by atoms with van der Waals surface area (Å²) in [5.74, 6) is -0.538. The zero-order valence-electron chi connectivity index (χ0n) is 22.8. The fraction of sp³-hybridized carbons (Fsp3) is 0.121. The highest BCUT2D eigenvalue weighted by Crippen LogP contribution is 2.39. The number of fused-ring (bicyclic) bond motifs is 1. The van der Waals surface area contributed by atoms with E-state index in [1.807, 2.05) is 92.7 Å². The number of anilines is 3. The second-order valence-corrected chi connectivity index (χ2v) is 9.59. The van der Waals surface area contributed by atoms with E-state index in [1.165, 1.54) is 0 Å².